The number of aromatic nitrogens is 1. The Hall–Kier alpha value is -0.170. The van der Waals surface area contributed by atoms with E-state index in [0.717, 1.165) is 0 Å². The van der Waals surface area contributed by atoms with Crippen molar-refractivity contribution < 1.29 is 8.42 Å². The van der Waals surface area contributed by atoms with E-state index in [4.69, 9.17) is 11.6 Å². The van der Waals surface area contributed by atoms with E-state index in [2.05, 4.69) is 25.6 Å². The minimum Gasteiger partial charge on any atom is -0.246 e. The number of sulfonamides is 1. The fourth-order valence-electron chi connectivity index (χ4n) is 0.702. The van der Waals surface area contributed by atoms with Crippen molar-refractivity contribution in [2.24, 2.45) is 0 Å². The van der Waals surface area contributed by atoms with E-state index in [-0.39, 0.29) is 14.5 Å². The van der Waals surface area contributed by atoms with Crippen LogP contribution in [0.15, 0.2) is 21.8 Å². The Kier molecular flexibility index (Phi) is 3.28. The SMILES string of the molecule is CNS(=O)(=O)c1cc(Cl)cnc1Br. The van der Waals surface area contributed by atoms with Crippen molar-refractivity contribution in [2.45, 2.75) is 4.90 Å². The molecule has 7 heteroatoms. The molecule has 0 radical (unpaired) electrons. The van der Waals surface area contributed by atoms with Crippen molar-refractivity contribution in [1.29, 1.82) is 0 Å². The first-order valence-electron chi connectivity index (χ1n) is 3.22. The summed E-state index contributed by atoms with van der Waals surface area (Å²) in [4.78, 5) is 3.79. The van der Waals surface area contributed by atoms with Gasteiger partial charge in [0, 0.05) is 6.20 Å². The molecule has 0 aliphatic rings. The largest absolute Gasteiger partial charge is 0.246 e. The van der Waals surface area contributed by atoms with Gasteiger partial charge in [-0.3, -0.25) is 0 Å². The molecule has 1 aromatic rings. The standard InChI is InChI=1S/C6H6BrClN2O2S/c1-9-13(11,12)5-2-4(8)3-10-6(5)7/h2-3,9H,1H3. The van der Waals surface area contributed by atoms with Gasteiger partial charge in [-0.2, -0.15) is 0 Å². The zero-order valence-electron chi connectivity index (χ0n) is 6.58. The number of hydrogen-bond donors (Lipinski definition) is 1. The molecule has 0 amide bonds. The zero-order chi connectivity index (χ0) is 10.1. The minimum atomic E-state index is -3.50. The second-order valence-electron chi connectivity index (χ2n) is 2.15. The summed E-state index contributed by atoms with van der Waals surface area (Å²) in [6.07, 6.45) is 1.36. The van der Waals surface area contributed by atoms with Crippen LogP contribution in [-0.4, -0.2) is 20.4 Å². The Bertz CT molecular complexity index is 421. The molecule has 72 valence electrons. The summed E-state index contributed by atoms with van der Waals surface area (Å²) in [7, 11) is -2.17. The maximum atomic E-state index is 11.3. The van der Waals surface area contributed by atoms with Crippen molar-refractivity contribution >= 4 is 37.6 Å². The lowest BCUT2D eigenvalue weighted by atomic mass is 10.5. The molecule has 0 aliphatic heterocycles. The van der Waals surface area contributed by atoms with Gasteiger partial charge >= 0.3 is 0 Å². The van der Waals surface area contributed by atoms with Gasteiger partial charge in [-0.15, -0.1) is 0 Å². The third-order valence-electron chi connectivity index (χ3n) is 1.33. The Labute approximate surface area is 89.5 Å². The molecule has 0 unspecified atom stereocenters. The van der Waals surface area contributed by atoms with Crippen LogP contribution in [0.2, 0.25) is 5.02 Å². The maximum Gasteiger partial charge on any atom is 0.243 e. The van der Waals surface area contributed by atoms with E-state index >= 15 is 0 Å². The van der Waals surface area contributed by atoms with Crippen LogP contribution in [0.4, 0.5) is 0 Å². The van der Waals surface area contributed by atoms with E-state index in [1.165, 1.54) is 19.3 Å². The Morgan fingerprint density at radius 3 is 2.77 bits per heavy atom. The van der Waals surface area contributed by atoms with Gasteiger partial charge < -0.3 is 0 Å². The number of nitrogens with zero attached hydrogens (tertiary/aromatic N) is 1. The van der Waals surface area contributed by atoms with E-state index < -0.39 is 10.0 Å². The van der Waals surface area contributed by atoms with Gasteiger partial charge in [0.2, 0.25) is 10.0 Å². The van der Waals surface area contributed by atoms with E-state index in [1.807, 2.05) is 0 Å². The molecule has 0 aliphatic carbocycles. The van der Waals surface area contributed by atoms with Crippen molar-refractivity contribution in [2.75, 3.05) is 7.05 Å². The Morgan fingerprint density at radius 1 is 1.62 bits per heavy atom. The van der Waals surface area contributed by atoms with Gasteiger partial charge in [-0.25, -0.2) is 18.1 Å². The van der Waals surface area contributed by atoms with Crippen LogP contribution in [-0.2, 0) is 10.0 Å². The molecule has 1 heterocycles. The summed E-state index contributed by atoms with van der Waals surface area (Å²) in [5.74, 6) is 0. The molecule has 0 fully saturated rings. The summed E-state index contributed by atoms with van der Waals surface area (Å²) in [5.41, 5.74) is 0. The average molecular weight is 286 g/mol. The number of rotatable bonds is 2. The third-order valence-corrected chi connectivity index (χ3v) is 3.86. The van der Waals surface area contributed by atoms with Crippen LogP contribution >= 0.6 is 27.5 Å². The highest BCUT2D eigenvalue weighted by Gasteiger charge is 2.16. The fourth-order valence-corrected chi connectivity index (χ4v) is 2.56. The molecule has 0 aromatic carbocycles. The predicted octanol–water partition coefficient (Wildman–Crippen LogP) is 1.41. The summed E-state index contributed by atoms with van der Waals surface area (Å²) in [6.45, 7) is 0. The van der Waals surface area contributed by atoms with Crippen molar-refractivity contribution in [3.05, 3.63) is 21.9 Å². The highest BCUT2D eigenvalue weighted by atomic mass is 79.9. The summed E-state index contributed by atoms with van der Waals surface area (Å²) in [6, 6.07) is 1.32. The molecule has 1 N–H and O–H groups in total. The molecular formula is C6H6BrClN2O2S. The maximum absolute atomic E-state index is 11.3. The molecule has 1 aromatic heterocycles. The van der Waals surface area contributed by atoms with Crippen LogP contribution in [0, 0.1) is 0 Å². The van der Waals surface area contributed by atoms with E-state index in [1.54, 1.807) is 0 Å². The normalized spacial score (nSPS) is 11.6. The molecular weight excluding hydrogens is 280 g/mol. The second kappa shape index (κ2) is 3.91. The third kappa shape index (κ3) is 2.40. The smallest absolute Gasteiger partial charge is 0.243 e. The van der Waals surface area contributed by atoms with Gasteiger partial charge in [0.1, 0.15) is 9.50 Å². The molecule has 0 atom stereocenters. The van der Waals surface area contributed by atoms with Crippen molar-refractivity contribution in [1.82, 2.24) is 9.71 Å². The zero-order valence-corrected chi connectivity index (χ0v) is 9.74. The first-order valence-corrected chi connectivity index (χ1v) is 5.87. The predicted molar refractivity (Wildman–Crippen MR) is 53.2 cm³/mol. The van der Waals surface area contributed by atoms with Crippen LogP contribution in [0.3, 0.4) is 0 Å². The first kappa shape index (κ1) is 10.9. The molecule has 0 bridgehead atoms. The summed E-state index contributed by atoms with van der Waals surface area (Å²) in [5, 5.41) is 0.275. The van der Waals surface area contributed by atoms with E-state index in [9.17, 15) is 8.42 Å². The molecule has 0 spiro atoms. The summed E-state index contributed by atoms with van der Waals surface area (Å²) >= 11 is 8.62. The van der Waals surface area contributed by atoms with Crippen LogP contribution in [0.5, 0.6) is 0 Å². The molecule has 1 rings (SSSR count). The number of nitrogens with one attached hydrogen (secondary N) is 1. The summed E-state index contributed by atoms with van der Waals surface area (Å²) < 4.78 is 25.1. The highest BCUT2D eigenvalue weighted by molar-refractivity contribution is 9.10. The van der Waals surface area contributed by atoms with Gasteiger partial charge in [0.15, 0.2) is 0 Å². The fraction of sp³-hybridized carbons (Fsp3) is 0.167. The lowest BCUT2D eigenvalue weighted by molar-refractivity contribution is 0.587. The number of hydrogen-bond acceptors (Lipinski definition) is 3. The van der Waals surface area contributed by atoms with Gasteiger partial charge in [0.25, 0.3) is 0 Å². The van der Waals surface area contributed by atoms with Gasteiger partial charge in [-0.1, -0.05) is 11.6 Å². The van der Waals surface area contributed by atoms with Crippen molar-refractivity contribution in [3.8, 4) is 0 Å². The Morgan fingerprint density at radius 2 is 2.23 bits per heavy atom. The minimum absolute atomic E-state index is 0.0301. The number of halogens is 2. The average Bonchev–Trinajstić information content (AvgIpc) is 2.09. The quantitative estimate of drug-likeness (QED) is 0.836. The van der Waals surface area contributed by atoms with Gasteiger partial charge in [0.05, 0.1) is 5.02 Å². The molecule has 13 heavy (non-hydrogen) atoms. The second-order valence-corrected chi connectivity index (χ2v) is 5.19. The first-order chi connectivity index (χ1) is 5.97. The monoisotopic (exact) mass is 284 g/mol. The lowest BCUT2D eigenvalue weighted by Crippen LogP contribution is -2.19. The van der Waals surface area contributed by atoms with Crippen LogP contribution < -0.4 is 4.72 Å². The molecule has 4 nitrogen and oxygen atoms in total. The lowest BCUT2D eigenvalue weighted by Gasteiger charge is -2.03. The topological polar surface area (TPSA) is 59.1 Å². The Balaban J connectivity index is 3.38. The van der Waals surface area contributed by atoms with Crippen LogP contribution in [0.25, 0.3) is 0 Å². The van der Waals surface area contributed by atoms with Gasteiger partial charge in [-0.05, 0) is 29.0 Å². The van der Waals surface area contributed by atoms with E-state index in [0.29, 0.717) is 0 Å². The number of pyridine rings is 1. The molecule has 0 saturated heterocycles. The van der Waals surface area contributed by atoms with Crippen LogP contribution in [0.1, 0.15) is 0 Å². The molecule has 0 saturated carbocycles. The van der Waals surface area contributed by atoms with Crippen molar-refractivity contribution in [3.63, 3.8) is 0 Å². The highest BCUT2D eigenvalue weighted by Crippen LogP contribution is 2.22.